The average molecular weight is 224 g/mol. The molecule has 1 atom stereocenters. The summed E-state index contributed by atoms with van der Waals surface area (Å²) in [5, 5.41) is 4.32. The van der Waals surface area contributed by atoms with Crippen LogP contribution < -0.4 is 5.32 Å². The van der Waals surface area contributed by atoms with E-state index in [2.05, 4.69) is 25.2 Å². The van der Waals surface area contributed by atoms with Gasteiger partial charge in [0, 0.05) is 5.02 Å². The lowest BCUT2D eigenvalue weighted by Crippen LogP contribution is -2.12. The summed E-state index contributed by atoms with van der Waals surface area (Å²) in [6.45, 7) is 6.64. The van der Waals surface area contributed by atoms with Gasteiger partial charge >= 0.3 is 0 Å². The Morgan fingerprint density at radius 3 is 2.87 bits per heavy atom. The first-order valence-corrected chi connectivity index (χ1v) is 6.01. The quantitative estimate of drug-likeness (QED) is 0.813. The van der Waals surface area contributed by atoms with Crippen molar-refractivity contribution in [2.45, 2.75) is 26.7 Å². The Balaban J connectivity index is 2.22. The Morgan fingerprint density at radius 2 is 2.20 bits per heavy atom. The molecule has 1 aromatic rings. The smallest absolute Gasteiger partial charge is 0.0438 e. The van der Waals surface area contributed by atoms with E-state index in [-0.39, 0.29) is 0 Å². The Morgan fingerprint density at radius 1 is 1.40 bits per heavy atom. The maximum atomic E-state index is 6.16. The summed E-state index contributed by atoms with van der Waals surface area (Å²) in [5.41, 5.74) is 4.10. The van der Waals surface area contributed by atoms with Crippen molar-refractivity contribution >= 4 is 11.6 Å². The lowest BCUT2D eigenvalue weighted by atomic mass is 9.92. The zero-order chi connectivity index (χ0) is 10.8. The van der Waals surface area contributed by atoms with Gasteiger partial charge in [0.05, 0.1) is 0 Å². The first-order chi connectivity index (χ1) is 7.18. The minimum absolute atomic E-state index is 0.792. The number of aryl methyl sites for hydroxylation is 1. The zero-order valence-electron chi connectivity index (χ0n) is 9.44. The van der Waals surface area contributed by atoms with Gasteiger partial charge in [0.2, 0.25) is 0 Å². The second-order valence-corrected chi connectivity index (χ2v) is 4.94. The number of benzene rings is 1. The van der Waals surface area contributed by atoms with E-state index in [4.69, 9.17) is 11.6 Å². The summed E-state index contributed by atoms with van der Waals surface area (Å²) in [5.74, 6) is 0.792. The highest BCUT2D eigenvalue weighted by atomic mass is 35.5. The molecule has 0 bridgehead atoms. The molecule has 1 unspecified atom stereocenters. The number of hydrogen-bond acceptors (Lipinski definition) is 1. The molecule has 0 saturated carbocycles. The Kier molecular flexibility index (Phi) is 3.32. The summed E-state index contributed by atoms with van der Waals surface area (Å²) in [7, 11) is 0. The van der Waals surface area contributed by atoms with Crippen LogP contribution in [0.1, 0.15) is 23.1 Å². The first-order valence-electron chi connectivity index (χ1n) is 5.64. The fourth-order valence-corrected chi connectivity index (χ4v) is 2.53. The minimum atomic E-state index is 0.792. The molecule has 1 aliphatic rings. The summed E-state index contributed by atoms with van der Waals surface area (Å²) in [4.78, 5) is 0. The monoisotopic (exact) mass is 223 g/mol. The van der Waals surface area contributed by atoms with Crippen molar-refractivity contribution in [3.05, 3.63) is 33.8 Å². The topological polar surface area (TPSA) is 12.0 Å². The Labute approximate surface area is 96.8 Å². The molecule has 0 aromatic heterocycles. The van der Waals surface area contributed by atoms with Gasteiger partial charge < -0.3 is 5.32 Å². The standard InChI is InChI=1S/C13H18ClN/c1-9-3-4-13(14)10(2)12(9)7-11-5-6-15-8-11/h3-4,11,15H,5-8H2,1-2H3. The van der Waals surface area contributed by atoms with Crippen LogP contribution in [0.4, 0.5) is 0 Å². The van der Waals surface area contributed by atoms with E-state index in [9.17, 15) is 0 Å². The van der Waals surface area contributed by atoms with Crippen LogP contribution in [0.3, 0.4) is 0 Å². The van der Waals surface area contributed by atoms with Gasteiger partial charge in [-0.25, -0.2) is 0 Å². The van der Waals surface area contributed by atoms with E-state index in [0.717, 1.165) is 17.5 Å². The fraction of sp³-hybridized carbons (Fsp3) is 0.538. The molecule has 1 saturated heterocycles. The molecule has 2 heteroatoms. The van der Waals surface area contributed by atoms with Crippen LogP contribution in [-0.2, 0) is 6.42 Å². The van der Waals surface area contributed by atoms with Crippen molar-refractivity contribution in [1.29, 1.82) is 0 Å². The Hall–Kier alpha value is -0.530. The van der Waals surface area contributed by atoms with Crippen molar-refractivity contribution in [1.82, 2.24) is 5.32 Å². The third kappa shape index (κ3) is 2.35. The molecule has 0 aliphatic carbocycles. The minimum Gasteiger partial charge on any atom is -0.316 e. The van der Waals surface area contributed by atoms with E-state index in [1.165, 1.54) is 36.1 Å². The third-order valence-electron chi connectivity index (χ3n) is 3.42. The lowest BCUT2D eigenvalue weighted by molar-refractivity contribution is 0.577. The highest BCUT2D eigenvalue weighted by Gasteiger charge is 2.17. The number of nitrogens with one attached hydrogen (secondary N) is 1. The molecule has 0 radical (unpaired) electrons. The van der Waals surface area contributed by atoms with Crippen LogP contribution in [0, 0.1) is 19.8 Å². The number of halogens is 1. The predicted molar refractivity (Wildman–Crippen MR) is 65.6 cm³/mol. The fourth-order valence-electron chi connectivity index (χ4n) is 2.36. The normalized spacial score (nSPS) is 20.9. The van der Waals surface area contributed by atoms with Crippen LogP contribution in [0.15, 0.2) is 12.1 Å². The molecule has 1 N–H and O–H groups in total. The molecular formula is C13H18ClN. The van der Waals surface area contributed by atoms with Crippen molar-refractivity contribution < 1.29 is 0 Å². The van der Waals surface area contributed by atoms with Crippen molar-refractivity contribution in [3.63, 3.8) is 0 Å². The number of rotatable bonds is 2. The van der Waals surface area contributed by atoms with Gasteiger partial charge in [-0.2, -0.15) is 0 Å². The largest absolute Gasteiger partial charge is 0.316 e. The second kappa shape index (κ2) is 4.54. The molecule has 1 aliphatic heterocycles. The van der Waals surface area contributed by atoms with Crippen molar-refractivity contribution in [3.8, 4) is 0 Å². The van der Waals surface area contributed by atoms with Gasteiger partial charge in [0.1, 0.15) is 0 Å². The number of hydrogen-bond donors (Lipinski definition) is 1. The molecule has 2 rings (SSSR count). The zero-order valence-corrected chi connectivity index (χ0v) is 10.2. The van der Waals surface area contributed by atoms with Crippen LogP contribution in [-0.4, -0.2) is 13.1 Å². The Bertz CT molecular complexity index is 354. The van der Waals surface area contributed by atoms with Crippen LogP contribution in [0.5, 0.6) is 0 Å². The van der Waals surface area contributed by atoms with Crippen LogP contribution in [0.25, 0.3) is 0 Å². The van der Waals surface area contributed by atoms with Crippen LogP contribution >= 0.6 is 11.6 Å². The molecule has 82 valence electrons. The maximum absolute atomic E-state index is 6.16. The molecular weight excluding hydrogens is 206 g/mol. The third-order valence-corrected chi connectivity index (χ3v) is 3.83. The van der Waals surface area contributed by atoms with Gasteiger partial charge in [-0.1, -0.05) is 17.7 Å². The second-order valence-electron chi connectivity index (χ2n) is 4.53. The summed E-state index contributed by atoms with van der Waals surface area (Å²) < 4.78 is 0. The van der Waals surface area contributed by atoms with Crippen molar-refractivity contribution in [2.24, 2.45) is 5.92 Å². The van der Waals surface area contributed by atoms with E-state index < -0.39 is 0 Å². The van der Waals surface area contributed by atoms with Crippen LogP contribution in [0.2, 0.25) is 5.02 Å². The molecule has 1 aromatic carbocycles. The maximum Gasteiger partial charge on any atom is 0.0438 e. The highest BCUT2D eigenvalue weighted by Crippen LogP contribution is 2.26. The van der Waals surface area contributed by atoms with Crippen molar-refractivity contribution in [2.75, 3.05) is 13.1 Å². The first kappa shape index (κ1) is 11.0. The molecule has 0 spiro atoms. The van der Waals surface area contributed by atoms with Gasteiger partial charge in [0.25, 0.3) is 0 Å². The van der Waals surface area contributed by atoms with E-state index in [1.54, 1.807) is 0 Å². The summed E-state index contributed by atoms with van der Waals surface area (Å²) in [6.07, 6.45) is 2.47. The summed E-state index contributed by atoms with van der Waals surface area (Å²) in [6, 6.07) is 4.13. The average Bonchev–Trinajstić information content (AvgIpc) is 2.71. The molecule has 1 nitrogen and oxygen atoms in total. The predicted octanol–water partition coefficient (Wildman–Crippen LogP) is 3.11. The molecule has 1 fully saturated rings. The van der Waals surface area contributed by atoms with Gasteiger partial charge in [-0.3, -0.25) is 0 Å². The highest BCUT2D eigenvalue weighted by molar-refractivity contribution is 6.31. The molecule has 0 amide bonds. The summed E-state index contributed by atoms with van der Waals surface area (Å²) >= 11 is 6.16. The van der Waals surface area contributed by atoms with Gasteiger partial charge in [0.15, 0.2) is 0 Å². The lowest BCUT2D eigenvalue weighted by Gasteiger charge is -2.14. The molecule has 1 heterocycles. The van der Waals surface area contributed by atoms with Gasteiger partial charge in [-0.15, -0.1) is 0 Å². The van der Waals surface area contributed by atoms with E-state index in [0.29, 0.717) is 0 Å². The molecule has 15 heavy (non-hydrogen) atoms. The van der Waals surface area contributed by atoms with E-state index >= 15 is 0 Å². The van der Waals surface area contributed by atoms with E-state index in [1.807, 2.05) is 6.07 Å². The SMILES string of the molecule is Cc1ccc(Cl)c(C)c1CC1CCNC1. The van der Waals surface area contributed by atoms with Gasteiger partial charge in [-0.05, 0) is 68.5 Å².